The molecule has 0 spiro atoms. The van der Waals surface area contributed by atoms with Crippen molar-refractivity contribution < 1.29 is 0 Å². The van der Waals surface area contributed by atoms with Crippen molar-refractivity contribution in [1.82, 2.24) is 4.57 Å². The maximum absolute atomic E-state index is 8.52. The molecule has 0 fully saturated rings. The third-order valence-electron chi connectivity index (χ3n) is 3.53. The maximum atomic E-state index is 8.52. The molecule has 0 saturated heterocycles. The smallest absolute Gasteiger partial charge is 0.0480 e. The number of nitrogens with zero attached hydrogens (tertiary/aromatic N) is 4. The second kappa shape index (κ2) is 5.37. The van der Waals surface area contributed by atoms with Gasteiger partial charge < -0.3 is 4.57 Å². The Bertz CT molecular complexity index is 618. The number of para-hydroxylation sites is 1. The lowest BCUT2D eigenvalue weighted by Crippen LogP contribution is -2.15. The summed E-state index contributed by atoms with van der Waals surface area (Å²) >= 11 is 0. The van der Waals surface area contributed by atoms with Gasteiger partial charge in [0.05, 0.1) is 0 Å². The normalized spacial score (nSPS) is 11.5. The SMILES string of the molecule is Cn1cc(CCCC(C)(C)N=[N+]=[N-])c2ccccc21. The fraction of sp³-hybridized carbons (Fsp3) is 0.467. The predicted molar refractivity (Wildman–Crippen MR) is 79.1 cm³/mol. The number of aromatic nitrogens is 1. The molecule has 0 bridgehead atoms. The largest absolute Gasteiger partial charge is 0.350 e. The maximum Gasteiger partial charge on any atom is 0.0480 e. The van der Waals surface area contributed by atoms with E-state index in [4.69, 9.17) is 5.53 Å². The molecule has 4 heteroatoms. The molecule has 0 atom stereocenters. The zero-order chi connectivity index (χ0) is 13.9. The minimum Gasteiger partial charge on any atom is -0.350 e. The van der Waals surface area contributed by atoms with Crippen LogP contribution in [0.5, 0.6) is 0 Å². The van der Waals surface area contributed by atoms with Gasteiger partial charge in [0, 0.05) is 34.6 Å². The summed E-state index contributed by atoms with van der Waals surface area (Å²) in [5.41, 5.74) is 10.9. The standard InChI is InChI=1S/C15H20N4/c1-15(2,17-18-16)10-6-7-12-11-19(3)14-9-5-4-8-13(12)14/h4-5,8-9,11H,6-7,10H2,1-3H3. The molecule has 0 aliphatic carbocycles. The van der Waals surface area contributed by atoms with E-state index in [1.807, 2.05) is 13.8 Å². The van der Waals surface area contributed by atoms with Crippen molar-refractivity contribution in [3.63, 3.8) is 0 Å². The van der Waals surface area contributed by atoms with Gasteiger partial charge >= 0.3 is 0 Å². The topological polar surface area (TPSA) is 53.7 Å². The first-order valence-electron chi connectivity index (χ1n) is 6.63. The van der Waals surface area contributed by atoms with Gasteiger partial charge in [0.1, 0.15) is 0 Å². The second-order valence-corrected chi connectivity index (χ2v) is 5.64. The van der Waals surface area contributed by atoms with Crippen LogP contribution >= 0.6 is 0 Å². The van der Waals surface area contributed by atoms with Crippen molar-refractivity contribution in [1.29, 1.82) is 0 Å². The zero-order valence-corrected chi connectivity index (χ0v) is 11.8. The molecule has 0 aliphatic heterocycles. The first kappa shape index (κ1) is 13.5. The Balaban J connectivity index is 2.09. The van der Waals surface area contributed by atoms with Crippen LogP contribution in [-0.2, 0) is 13.5 Å². The van der Waals surface area contributed by atoms with Gasteiger partial charge in [0.25, 0.3) is 0 Å². The molecular formula is C15H20N4. The van der Waals surface area contributed by atoms with Crippen LogP contribution in [0.15, 0.2) is 35.6 Å². The highest BCUT2D eigenvalue weighted by Gasteiger charge is 2.15. The fourth-order valence-electron chi connectivity index (χ4n) is 2.51. The molecule has 19 heavy (non-hydrogen) atoms. The van der Waals surface area contributed by atoms with Crippen LogP contribution < -0.4 is 0 Å². The predicted octanol–water partition coefficient (Wildman–Crippen LogP) is 4.59. The van der Waals surface area contributed by atoms with Crippen molar-refractivity contribution in [2.45, 2.75) is 38.6 Å². The Hall–Kier alpha value is -1.93. The second-order valence-electron chi connectivity index (χ2n) is 5.64. The molecule has 2 rings (SSSR count). The van der Waals surface area contributed by atoms with E-state index in [1.165, 1.54) is 16.5 Å². The number of benzene rings is 1. The summed E-state index contributed by atoms with van der Waals surface area (Å²) < 4.78 is 2.17. The lowest BCUT2D eigenvalue weighted by Gasteiger charge is -2.16. The van der Waals surface area contributed by atoms with Gasteiger partial charge in [0.2, 0.25) is 0 Å². The van der Waals surface area contributed by atoms with Crippen molar-refractivity contribution in [3.8, 4) is 0 Å². The van der Waals surface area contributed by atoms with Gasteiger partial charge in [0.15, 0.2) is 0 Å². The Labute approximate surface area is 113 Å². The molecule has 0 unspecified atom stereocenters. The molecule has 0 N–H and O–H groups in total. The lowest BCUT2D eigenvalue weighted by atomic mass is 9.96. The number of hydrogen-bond donors (Lipinski definition) is 0. The molecule has 2 aromatic rings. The average molecular weight is 256 g/mol. The number of azide groups is 1. The highest BCUT2D eigenvalue weighted by molar-refractivity contribution is 5.83. The molecule has 0 saturated carbocycles. The lowest BCUT2D eigenvalue weighted by molar-refractivity contribution is 0.457. The van der Waals surface area contributed by atoms with Crippen LogP contribution in [0, 0.1) is 0 Å². The quantitative estimate of drug-likeness (QED) is 0.427. The van der Waals surface area contributed by atoms with Crippen LogP contribution in [0.2, 0.25) is 0 Å². The number of hydrogen-bond acceptors (Lipinski definition) is 1. The first-order valence-corrected chi connectivity index (χ1v) is 6.63. The van der Waals surface area contributed by atoms with E-state index in [9.17, 15) is 0 Å². The third kappa shape index (κ3) is 3.09. The molecule has 1 aromatic carbocycles. The summed E-state index contributed by atoms with van der Waals surface area (Å²) in [5, 5.41) is 5.16. The van der Waals surface area contributed by atoms with Crippen LogP contribution in [-0.4, -0.2) is 10.1 Å². The molecule has 100 valence electrons. The van der Waals surface area contributed by atoms with Crippen molar-refractivity contribution in [2.24, 2.45) is 12.2 Å². The Morgan fingerprint density at radius 3 is 2.79 bits per heavy atom. The highest BCUT2D eigenvalue weighted by Crippen LogP contribution is 2.24. The molecular weight excluding hydrogens is 236 g/mol. The molecule has 1 heterocycles. The van der Waals surface area contributed by atoms with Crippen molar-refractivity contribution in [3.05, 3.63) is 46.5 Å². The number of fused-ring (bicyclic) bond motifs is 1. The van der Waals surface area contributed by atoms with E-state index >= 15 is 0 Å². The van der Waals surface area contributed by atoms with E-state index in [2.05, 4.69) is 52.1 Å². The van der Waals surface area contributed by atoms with Gasteiger partial charge in [-0.15, -0.1) is 0 Å². The summed E-state index contributed by atoms with van der Waals surface area (Å²) in [7, 11) is 2.08. The molecule has 0 amide bonds. The van der Waals surface area contributed by atoms with Crippen LogP contribution in [0.4, 0.5) is 0 Å². The summed E-state index contributed by atoms with van der Waals surface area (Å²) in [4.78, 5) is 2.91. The number of rotatable bonds is 5. The first-order chi connectivity index (χ1) is 9.03. The highest BCUT2D eigenvalue weighted by atomic mass is 15.2. The minimum absolute atomic E-state index is 0.292. The molecule has 4 nitrogen and oxygen atoms in total. The number of aryl methyl sites for hydroxylation is 2. The van der Waals surface area contributed by atoms with Gasteiger partial charge in [-0.1, -0.05) is 37.2 Å². The van der Waals surface area contributed by atoms with Crippen LogP contribution in [0.1, 0.15) is 32.3 Å². The third-order valence-corrected chi connectivity index (χ3v) is 3.53. The van der Waals surface area contributed by atoms with Crippen molar-refractivity contribution in [2.75, 3.05) is 0 Å². The Morgan fingerprint density at radius 2 is 2.05 bits per heavy atom. The van der Waals surface area contributed by atoms with E-state index in [-0.39, 0.29) is 5.54 Å². The van der Waals surface area contributed by atoms with Gasteiger partial charge in [-0.2, -0.15) is 0 Å². The summed E-state index contributed by atoms with van der Waals surface area (Å²) in [6, 6.07) is 8.46. The minimum atomic E-state index is -0.292. The Morgan fingerprint density at radius 1 is 1.32 bits per heavy atom. The van der Waals surface area contributed by atoms with Gasteiger partial charge in [-0.25, -0.2) is 0 Å². The summed E-state index contributed by atoms with van der Waals surface area (Å²) in [6.45, 7) is 3.96. The molecule has 1 aromatic heterocycles. The van der Waals surface area contributed by atoms with Crippen LogP contribution in [0.3, 0.4) is 0 Å². The summed E-state index contributed by atoms with van der Waals surface area (Å²) in [5.74, 6) is 0. The van der Waals surface area contributed by atoms with E-state index < -0.39 is 0 Å². The van der Waals surface area contributed by atoms with Gasteiger partial charge in [-0.05, 0) is 36.4 Å². The zero-order valence-electron chi connectivity index (χ0n) is 11.8. The molecule has 0 aliphatic rings. The van der Waals surface area contributed by atoms with Crippen LogP contribution in [0.25, 0.3) is 21.3 Å². The average Bonchev–Trinajstić information content (AvgIpc) is 2.67. The Kier molecular flexibility index (Phi) is 3.82. The van der Waals surface area contributed by atoms with E-state index in [1.54, 1.807) is 0 Å². The monoisotopic (exact) mass is 256 g/mol. The molecule has 0 radical (unpaired) electrons. The fourth-order valence-corrected chi connectivity index (χ4v) is 2.51. The van der Waals surface area contributed by atoms with Crippen molar-refractivity contribution >= 4 is 10.9 Å². The van der Waals surface area contributed by atoms with E-state index in [0.717, 1.165) is 19.3 Å². The van der Waals surface area contributed by atoms with Gasteiger partial charge in [-0.3, -0.25) is 0 Å². The van der Waals surface area contributed by atoms with E-state index in [0.29, 0.717) is 0 Å². The summed E-state index contributed by atoms with van der Waals surface area (Å²) in [6.07, 6.45) is 5.15.